The summed E-state index contributed by atoms with van der Waals surface area (Å²) in [5.41, 5.74) is 2.86. The van der Waals surface area contributed by atoms with Crippen molar-refractivity contribution in [1.29, 1.82) is 0 Å². The first-order valence-electron chi connectivity index (χ1n) is 9.00. The molecule has 3 N–H and O–H groups in total. The van der Waals surface area contributed by atoms with E-state index in [2.05, 4.69) is 10.3 Å². The number of carbonyl (C=O) groups is 2. The van der Waals surface area contributed by atoms with Gasteiger partial charge in [-0.25, -0.2) is 0 Å². The molecule has 0 aliphatic heterocycles. The molecule has 0 saturated heterocycles. The summed E-state index contributed by atoms with van der Waals surface area (Å²) in [6.45, 7) is 5.68. The average Bonchev–Trinajstić information content (AvgIpc) is 3.23. The van der Waals surface area contributed by atoms with Crippen molar-refractivity contribution in [2.75, 3.05) is 5.32 Å². The van der Waals surface area contributed by atoms with Crippen molar-refractivity contribution in [3.05, 3.63) is 66.1 Å². The number of hydrogen-bond acceptors (Lipinski definition) is 3. The number of Topliss-reactive ketones (excluding diaryl/α,β-unsaturated/α-hetero) is 1. The minimum absolute atomic E-state index is 0.0723. The largest absolute Gasteiger partial charge is 0.508 e. The molecule has 1 aromatic carbocycles. The van der Waals surface area contributed by atoms with Gasteiger partial charge in [-0.05, 0) is 42.5 Å². The van der Waals surface area contributed by atoms with Crippen molar-refractivity contribution in [2.45, 2.75) is 20.8 Å². The Kier molecular flexibility index (Phi) is 4.00. The van der Waals surface area contributed by atoms with Crippen LogP contribution in [0, 0.1) is 5.41 Å². The van der Waals surface area contributed by atoms with E-state index in [4.69, 9.17) is 0 Å². The van der Waals surface area contributed by atoms with Crippen molar-refractivity contribution in [3.8, 4) is 5.75 Å². The zero-order valence-electron chi connectivity index (χ0n) is 15.9. The number of rotatable bonds is 3. The first-order valence-corrected chi connectivity index (χ1v) is 9.00. The molecule has 0 radical (unpaired) electrons. The summed E-state index contributed by atoms with van der Waals surface area (Å²) in [5.74, 6) is -0.0616. The number of pyridine rings is 1. The Morgan fingerprint density at radius 2 is 1.82 bits per heavy atom. The van der Waals surface area contributed by atoms with Crippen LogP contribution in [0.1, 0.15) is 41.6 Å². The average molecular weight is 375 g/mol. The van der Waals surface area contributed by atoms with Gasteiger partial charge in [-0.3, -0.25) is 9.59 Å². The maximum Gasteiger partial charge on any atom is 0.272 e. The van der Waals surface area contributed by atoms with Gasteiger partial charge >= 0.3 is 0 Å². The van der Waals surface area contributed by atoms with Crippen molar-refractivity contribution in [2.24, 2.45) is 5.41 Å². The standard InChI is InChI=1S/C22H21N3O3/c1-22(2,3)20(27)14-8-16-5-4-15(12-25(16)11-14)23-21(28)19-10-13-9-17(26)6-7-18(13)24-19/h4-12,24,26H,1-3H3,(H,23,28). The van der Waals surface area contributed by atoms with Crippen LogP contribution in [0.15, 0.2) is 54.9 Å². The quantitative estimate of drug-likeness (QED) is 0.457. The van der Waals surface area contributed by atoms with E-state index in [1.54, 1.807) is 42.7 Å². The summed E-state index contributed by atoms with van der Waals surface area (Å²) >= 11 is 0. The maximum atomic E-state index is 12.6. The molecule has 0 saturated carbocycles. The number of ketones is 1. The summed E-state index contributed by atoms with van der Waals surface area (Å²) in [7, 11) is 0. The maximum absolute atomic E-state index is 12.6. The van der Waals surface area contributed by atoms with Crippen molar-refractivity contribution in [1.82, 2.24) is 9.38 Å². The summed E-state index contributed by atoms with van der Waals surface area (Å²) in [6, 6.07) is 12.1. The highest BCUT2D eigenvalue weighted by Gasteiger charge is 2.24. The normalized spacial score (nSPS) is 11.8. The second-order valence-corrected chi connectivity index (χ2v) is 7.97. The van der Waals surface area contributed by atoms with Gasteiger partial charge in [-0.2, -0.15) is 0 Å². The fraction of sp³-hybridized carbons (Fsp3) is 0.182. The van der Waals surface area contributed by atoms with Crippen LogP contribution in [0.5, 0.6) is 5.75 Å². The third kappa shape index (κ3) is 3.24. The number of benzene rings is 1. The van der Waals surface area contributed by atoms with E-state index in [1.165, 1.54) is 0 Å². The number of anilines is 1. The van der Waals surface area contributed by atoms with Crippen molar-refractivity contribution in [3.63, 3.8) is 0 Å². The fourth-order valence-electron chi connectivity index (χ4n) is 3.18. The highest BCUT2D eigenvalue weighted by molar-refractivity contribution is 6.06. The number of fused-ring (bicyclic) bond motifs is 2. The molecular formula is C22H21N3O3. The first-order chi connectivity index (χ1) is 13.2. The number of phenolic OH excluding ortho intramolecular Hbond substituents is 1. The van der Waals surface area contributed by atoms with Gasteiger partial charge in [0.1, 0.15) is 11.4 Å². The smallest absolute Gasteiger partial charge is 0.272 e. The topological polar surface area (TPSA) is 86.6 Å². The minimum Gasteiger partial charge on any atom is -0.508 e. The summed E-state index contributed by atoms with van der Waals surface area (Å²) < 4.78 is 1.83. The van der Waals surface area contributed by atoms with Crippen LogP contribution in [0.4, 0.5) is 5.69 Å². The summed E-state index contributed by atoms with van der Waals surface area (Å²) in [5, 5.41) is 13.2. The number of carbonyl (C=O) groups excluding carboxylic acids is 2. The number of aromatic hydroxyl groups is 1. The zero-order valence-corrected chi connectivity index (χ0v) is 15.9. The molecule has 3 aromatic heterocycles. The van der Waals surface area contributed by atoms with Gasteiger partial charge in [0, 0.05) is 39.8 Å². The molecule has 0 aliphatic rings. The Morgan fingerprint density at radius 3 is 2.57 bits per heavy atom. The van der Waals surface area contributed by atoms with Gasteiger partial charge in [0.25, 0.3) is 5.91 Å². The third-order valence-corrected chi connectivity index (χ3v) is 4.64. The number of hydrogen-bond donors (Lipinski definition) is 3. The van der Waals surface area contributed by atoms with Gasteiger partial charge in [0.05, 0.1) is 5.69 Å². The van der Waals surface area contributed by atoms with Gasteiger partial charge in [0.2, 0.25) is 0 Å². The Balaban J connectivity index is 1.60. The van der Waals surface area contributed by atoms with Gasteiger partial charge < -0.3 is 19.8 Å². The molecule has 1 amide bonds. The monoisotopic (exact) mass is 375 g/mol. The van der Waals surface area contributed by atoms with E-state index in [-0.39, 0.29) is 17.4 Å². The molecule has 0 spiro atoms. The molecule has 0 bridgehead atoms. The number of nitrogens with zero attached hydrogens (tertiary/aromatic N) is 1. The number of H-pyrrole nitrogens is 1. The number of aromatic nitrogens is 2. The van der Waals surface area contributed by atoms with Gasteiger partial charge in [-0.15, -0.1) is 0 Å². The first kappa shape index (κ1) is 17.9. The second-order valence-electron chi connectivity index (χ2n) is 7.97. The molecule has 142 valence electrons. The van der Waals surface area contributed by atoms with Crippen LogP contribution in [0.2, 0.25) is 0 Å². The minimum atomic E-state index is -0.452. The fourth-order valence-corrected chi connectivity index (χ4v) is 3.18. The molecule has 0 fully saturated rings. The molecule has 4 aromatic rings. The lowest BCUT2D eigenvalue weighted by atomic mass is 9.87. The Bertz CT molecular complexity index is 1230. The zero-order chi connectivity index (χ0) is 20.1. The Labute approximate surface area is 161 Å². The lowest BCUT2D eigenvalue weighted by Crippen LogP contribution is -2.19. The van der Waals surface area contributed by atoms with Crippen LogP contribution in [-0.2, 0) is 0 Å². The molecule has 0 atom stereocenters. The van der Waals surface area contributed by atoms with E-state index >= 15 is 0 Å². The third-order valence-electron chi connectivity index (χ3n) is 4.64. The lowest BCUT2D eigenvalue weighted by Gasteiger charge is -2.14. The molecule has 3 heterocycles. The molecule has 6 heteroatoms. The van der Waals surface area contributed by atoms with Crippen LogP contribution in [0.25, 0.3) is 16.4 Å². The van der Waals surface area contributed by atoms with Crippen molar-refractivity contribution >= 4 is 33.8 Å². The second kappa shape index (κ2) is 6.27. The van der Waals surface area contributed by atoms with Gasteiger partial charge in [-0.1, -0.05) is 20.8 Å². The summed E-state index contributed by atoms with van der Waals surface area (Å²) in [4.78, 5) is 28.1. The SMILES string of the molecule is CC(C)(C)C(=O)c1cc2ccc(NC(=O)c3cc4cc(O)ccc4[nH]3)cn2c1. The highest BCUT2D eigenvalue weighted by atomic mass is 16.3. The Hall–Kier alpha value is -3.54. The van der Waals surface area contributed by atoms with E-state index in [9.17, 15) is 14.7 Å². The highest BCUT2D eigenvalue weighted by Crippen LogP contribution is 2.24. The lowest BCUT2D eigenvalue weighted by molar-refractivity contribution is 0.0858. The van der Waals surface area contributed by atoms with E-state index in [0.29, 0.717) is 16.9 Å². The predicted molar refractivity (Wildman–Crippen MR) is 109 cm³/mol. The molecule has 28 heavy (non-hydrogen) atoms. The molecule has 0 unspecified atom stereocenters. The van der Waals surface area contributed by atoms with Crippen LogP contribution in [0.3, 0.4) is 0 Å². The van der Waals surface area contributed by atoms with Crippen LogP contribution in [-0.4, -0.2) is 26.2 Å². The van der Waals surface area contributed by atoms with E-state index in [0.717, 1.165) is 16.4 Å². The molecule has 4 rings (SSSR count). The Morgan fingerprint density at radius 1 is 1.04 bits per heavy atom. The van der Waals surface area contributed by atoms with Crippen molar-refractivity contribution < 1.29 is 14.7 Å². The van der Waals surface area contributed by atoms with E-state index in [1.807, 2.05) is 37.3 Å². The molecular weight excluding hydrogens is 354 g/mol. The van der Waals surface area contributed by atoms with Crippen LogP contribution >= 0.6 is 0 Å². The number of aromatic amines is 1. The number of amides is 1. The number of phenols is 1. The molecule has 6 nitrogen and oxygen atoms in total. The van der Waals surface area contributed by atoms with Gasteiger partial charge in [0.15, 0.2) is 5.78 Å². The summed E-state index contributed by atoms with van der Waals surface area (Å²) in [6.07, 6.45) is 3.56. The number of nitrogens with one attached hydrogen (secondary N) is 2. The molecule has 0 aliphatic carbocycles. The van der Waals surface area contributed by atoms with E-state index < -0.39 is 5.41 Å². The van der Waals surface area contributed by atoms with Crippen LogP contribution < -0.4 is 5.32 Å². The predicted octanol–water partition coefficient (Wildman–Crippen LogP) is 4.61.